The van der Waals surface area contributed by atoms with E-state index in [0.717, 1.165) is 22.7 Å². The van der Waals surface area contributed by atoms with Crippen LogP contribution in [-0.2, 0) is 0 Å². The molecule has 1 heterocycles. The lowest BCUT2D eigenvalue weighted by Crippen LogP contribution is -2.10. The topological polar surface area (TPSA) is 8.17 Å². The smallest absolute Gasteiger partial charge is 0.0547 e. The SMILES string of the molecule is Cc1ccc2c3c1ccc1c(C)ccc(c13)n2-c1ccc(N(c2ccc(-c3ccccc3)cc2)c2cccc3ccccc23)cc1. The Balaban J connectivity index is 1.22. The molecule has 2 nitrogen and oxygen atoms in total. The van der Waals surface area contributed by atoms with Crippen LogP contribution in [0.4, 0.5) is 17.1 Å². The van der Waals surface area contributed by atoms with E-state index in [4.69, 9.17) is 0 Å². The molecule has 9 aromatic rings. The van der Waals surface area contributed by atoms with Crippen molar-refractivity contribution in [3.8, 4) is 16.8 Å². The average Bonchev–Trinajstić information content (AvgIpc) is 3.45. The number of aryl methyl sites for hydroxylation is 2. The molecule has 0 bridgehead atoms. The van der Waals surface area contributed by atoms with Crippen molar-refractivity contribution < 1.29 is 0 Å². The largest absolute Gasteiger partial charge is 0.310 e. The van der Waals surface area contributed by atoms with Crippen LogP contribution in [0.15, 0.2) is 158 Å². The third kappa shape index (κ3) is 4.04. The lowest BCUT2D eigenvalue weighted by Gasteiger charge is -2.27. The van der Waals surface area contributed by atoms with E-state index in [2.05, 4.69) is 181 Å². The summed E-state index contributed by atoms with van der Waals surface area (Å²) in [6.45, 7) is 4.43. The van der Waals surface area contributed by atoms with Gasteiger partial charge in [-0.15, -0.1) is 0 Å². The molecule has 0 unspecified atom stereocenters. The summed E-state index contributed by atoms with van der Waals surface area (Å²) in [7, 11) is 0. The van der Waals surface area contributed by atoms with Crippen molar-refractivity contribution in [2.45, 2.75) is 13.8 Å². The Morgan fingerprint density at radius 3 is 1.61 bits per heavy atom. The van der Waals surface area contributed by atoms with Crippen LogP contribution in [-0.4, -0.2) is 4.57 Å². The summed E-state index contributed by atoms with van der Waals surface area (Å²) in [6, 6.07) is 57.5. The summed E-state index contributed by atoms with van der Waals surface area (Å²) < 4.78 is 2.43. The van der Waals surface area contributed by atoms with Gasteiger partial charge in [-0.2, -0.15) is 0 Å². The van der Waals surface area contributed by atoms with Gasteiger partial charge in [-0.25, -0.2) is 0 Å². The maximum Gasteiger partial charge on any atom is 0.0547 e. The molecule has 2 heteroatoms. The molecule has 0 aliphatic carbocycles. The second kappa shape index (κ2) is 10.4. The van der Waals surface area contributed by atoms with Crippen LogP contribution in [0.5, 0.6) is 0 Å². The summed E-state index contributed by atoms with van der Waals surface area (Å²) >= 11 is 0. The van der Waals surface area contributed by atoms with E-state index in [1.54, 1.807) is 0 Å². The number of aromatic nitrogens is 1. The monoisotopic (exact) mass is 588 g/mol. The average molecular weight is 589 g/mol. The third-order valence-electron chi connectivity index (χ3n) is 9.64. The van der Waals surface area contributed by atoms with Crippen LogP contribution in [0.1, 0.15) is 11.1 Å². The number of rotatable bonds is 5. The van der Waals surface area contributed by atoms with Crippen molar-refractivity contribution in [2.75, 3.05) is 4.90 Å². The maximum absolute atomic E-state index is 2.43. The molecular weight excluding hydrogens is 556 g/mol. The highest BCUT2D eigenvalue weighted by molar-refractivity contribution is 6.25. The Morgan fingerprint density at radius 2 is 0.957 bits per heavy atom. The highest BCUT2D eigenvalue weighted by atomic mass is 15.1. The zero-order valence-corrected chi connectivity index (χ0v) is 25.9. The molecule has 46 heavy (non-hydrogen) atoms. The molecule has 9 rings (SSSR count). The molecule has 0 saturated carbocycles. The summed E-state index contributed by atoms with van der Waals surface area (Å²) in [6.07, 6.45) is 0. The normalized spacial score (nSPS) is 11.7. The Morgan fingerprint density at radius 1 is 0.413 bits per heavy atom. The van der Waals surface area contributed by atoms with Gasteiger partial charge in [-0.05, 0) is 107 Å². The second-order valence-electron chi connectivity index (χ2n) is 12.3. The van der Waals surface area contributed by atoms with Crippen LogP contribution in [0.2, 0.25) is 0 Å². The minimum atomic E-state index is 1.12. The number of hydrogen-bond donors (Lipinski definition) is 0. The molecule has 0 radical (unpaired) electrons. The first-order chi connectivity index (χ1) is 22.7. The summed E-state index contributed by atoms with van der Waals surface area (Å²) in [5.74, 6) is 0. The predicted molar refractivity (Wildman–Crippen MR) is 197 cm³/mol. The van der Waals surface area contributed by atoms with Gasteiger partial charge in [0.1, 0.15) is 0 Å². The number of hydrogen-bond acceptors (Lipinski definition) is 1. The molecule has 0 fully saturated rings. The van der Waals surface area contributed by atoms with E-state index in [0.29, 0.717) is 0 Å². The molecule has 0 N–H and O–H groups in total. The third-order valence-corrected chi connectivity index (χ3v) is 9.64. The van der Waals surface area contributed by atoms with Gasteiger partial charge in [0.2, 0.25) is 0 Å². The highest BCUT2D eigenvalue weighted by Gasteiger charge is 2.20. The van der Waals surface area contributed by atoms with Gasteiger partial charge in [0.25, 0.3) is 0 Å². The first kappa shape index (κ1) is 26.5. The first-order valence-corrected chi connectivity index (χ1v) is 15.9. The van der Waals surface area contributed by atoms with Gasteiger partial charge in [-0.1, -0.05) is 103 Å². The molecular formula is C44H32N2. The number of anilines is 3. The zero-order chi connectivity index (χ0) is 30.8. The first-order valence-electron chi connectivity index (χ1n) is 15.9. The van der Waals surface area contributed by atoms with Crippen molar-refractivity contribution in [1.29, 1.82) is 0 Å². The Kier molecular flexibility index (Phi) is 5.97. The maximum atomic E-state index is 2.43. The minimum Gasteiger partial charge on any atom is -0.310 e. The van der Waals surface area contributed by atoms with E-state index in [1.165, 1.54) is 65.6 Å². The molecule has 0 amide bonds. The van der Waals surface area contributed by atoms with Crippen LogP contribution in [0.25, 0.3) is 60.2 Å². The minimum absolute atomic E-state index is 1.12. The van der Waals surface area contributed by atoms with Gasteiger partial charge in [0.15, 0.2) is 0 Å². The highest BCUT2D eigenvalue weighted by Crippen LogP contribution is 2.43. The van der Waals surface area contributed by atoms with E-state index >= 15 is 0 Å². The zero-order valence-electron chi connectivity index (χ0n) is 25.9. The standard InChI is InChI=1S/C44H32N2/c1-29-15-27-41-43-37(29)25-26-38-30(2)16-28-42(44(38)43)46(41)36-23-21-35(22-24-36)45(40-14-8-12-33-11-6-7-13-39(33)40)34-19-17-32(18-20-34)31-9-4-3-5-10-31/h3-28H,1-2H3. The Hall–Kier alpha value is -5.86. The van der Waals surface area contributed by atoms with Crippen molar-refractivity contribution in [2.24, 2.45) is 0 Å². The molecule has 0 saturated heterocycles. The van der Waals surface area contributed by atoms with Crippen molar-refractivity contribution in [1.82, 2.24) is 4.57 Å². The van der Waals surface area contributed by atoms with E-state index in [9.17, 15) is 0 Å². The number of fused-ring (bicyclic) bond motifs is 1. The fraction of sp³-hybridized carbons (Fsp3) is 0.0455. The van der Waals surface area contributed by atoms with Crippen LogP contribution >= 0.6 is 0 Å². The molecule has 218 valence electrons. The van der Waals surface area contributed by atoms with E-state index < -0.39 is 0 Å². The van der Waals surface area contributed by atoms with Gasteiger partial charge in [0, 0.05) is 33.2 Å². The molecule has 8 aromatic carbocycles. The van der Waals surface area contributed by atoms with Gasteiger partial charge in [0.05, 0.1) is 16.7 Å². The molecule has 0 spiro atoms. The Bertz CT molecular complexity index is 2440. The van der Waals surface area contributed by atoms with E-state index in [-0.39, 0.29) is 0 Å². The van der Waals surface area contributed by atoms with Crippen LogP contribution < -0.4 is 4.90 Å². The quantitative estimate of drug-likeness (QED) is 0.182. The van der Waals surface area contributed by atoms with Crippen LogP contribution in [0, 0.1) is 13.8 Å². The van der Waals surface area contributed by atoms with Crippen molar-refractivity contribution >= 4 is 60.4 Å². The van der Waals surface area contributed by atoms with Gasteiger partial charge >= 0.3 is 0 Å². The van der Waals surface area contributed by atoms with Crippen molar-refractivity contribution in [3.05, 3.63) is 169 Å². The molecule has 0 aliphatic heterocycles. The fourth-order valence-electron chi connectivity index (χ4n) is 7.34. The predicted octanol–water partition coefficient (Wildman–Crippen LogP) is 12.3. The summed E-state index contributed by atoms with van der Waals surface area (Å²) in [4.78, 5) is 2.38. The van der Waals surface area contributed by atoms with Gasteiger partial charge < -0.3 is 9.47 Å². The summed E-state index contributed by atoms with van der Waals surface area (Å²) in [5, 5.41) is 7.82. The molecule has 0 aliphatic rings. The van der Waals surface area contributed by atoms with E-state index in [1.807, 2.05) is 0 Å². The summed E-state index contributed by atoms with van der Waals surface area (Å²) in [5.41, 5.74) is 12.1. The van der Waals surface area contributed by atoms with Gasteiger partial charge in [-0.3, -0.25) is 0 Å². The number of nitrogens with zero attached hydrogens (tertiary/aromatic N) is 2. The molecule has 1 aromatic heterocycles. The lowest BCUT2D eigenvalue weighted by molar-refractivity contribution is 1.17. The van der Waals surface area contributed by atoms with Crippen molar-refractivity contribution in [3.63, 3.8) is 0 Å². The fourth-order valence-corrected chi connectivity index (χ4v) is 7.34. The molecule has 0 atom stereocenters. The number of benzene rings is 8. The Labute approximate surface area is 268 Å². The lowest BCUT2D eigenvalue weighted by atomic mass is 9.97. The second-order valence-corrected chi connectivity index (χ2v) is 12.3. The van der Waals surface area contributed by atoms with Crippen LogP contribution in [0.3, 0.4) is 0 Å².